The number of rotatable bonds is 4. The maximum absolute atomic E-state index is 13.2. The topological polar surface area (TPSA) is 67.7 Å². The minimum absolute atomic E-state index is 0.0730. The molecule has 0 spiro atoms. The van der Waals surface area contributed by atoms with Gasteiger partial charge in [-0.05, 0) is 32.8 Å². The van der Waals surface area contributed by atoms with E-state index in [2.05, 4.69) is 18.9 Å². The monoisotopic (exact) mass is 396 g/mol. The van der Waals surface area contributed by atoms with Gasteiger partial charge in [-0.2, -0.15) is 5.10 Å². The van der Waals surface area contributed by atoms with Gasteiger partial charge in [0.15, 0.2) is 0 Å². The van der Waals surface area contributed by atoms with Gasteiger partial charge in [-0.25, -0.2) is 4.68 Å². The maximum atomic E-state index is 13.2. The van der Waals surface area contributed by atoms with Crippen molar-refractivity contribution in [1.29, 1.82) is 0 Å². The molecule has 1 saturated heterocycles. The van der Waals surface area contributed by atoms with Crippen LogP contribution in [0, 0.1) is 0 Å². The van der Waals surface area contributed by atoms with Crippen LogP contribution >= 0.6 is 0 Å². The Labute approximate surface area is 170 Å². The van der Waals surface area contributed by atoms with E-state index >= 15 is 0 Å². The maximum Gasteiger partial charge on any atom is 0.269 e. The Morgan fingerprint density at radius 3 is 2.86 bits per heavy atom. The first-order valence-corrected chi connectivity index (χ1v) is 10.3. The Bertz CT molecular complexity index is 955. The van der Waals surface area contributed by atoms with Crippen molar-refractivity contribution in [2.45, 2.75) is 44.7 Å². The van der Waals surface area contributed by atoms with Crippen molar-refractivity contribution >= 4 is 11.6 Å². The first kappa shape index (κ1) is 19.5. The molecule has 4 rings (SSSR count). The molecular formula is C22H28N4O3. The molecule has 0 bridgehead atoms. The number of fused-ring (bicyclic) bond motifs is 1. The van der Waals surface area contributed by atoms with Gasteiger partial charge >= 0.3 is 0 Å². The summed E-state index contributed by atoms with van der Waals surface area (Å²) in [6.45, 7) is 5.73. The third-order valence-corrected chi connectivity index (χ3v) is 6.05. The molecule has 2 aliphatic rings. The quantitative estimate of drug-likeness (QED) is 0.794. The van der Waals surface area contributed by atoms with Crippen LogP contribution in [0.1, 0.15) is 44.2 Å². The molecule has 2 aliphatic heterocycles. The summed E-state index contributed by atoms with van der Waals surface area (Å²) in [5.74, 6) is 0.600. The van der Waals surface area contributed by atoms with Gasteiger partial charge in [0.05, 0.1) is 17.9 Å². The third-order valence-electron chi connectivity index (χ3n) is 6.05. The average molecular weight is 396 g/mol. The fourth-order valence-electron chi connectivity index (χ4n) is 4.12. The highest BCUT2D eigenvalue weighted by molar-refractivity contribution is 5.85. The van der Waals surface area contributed by atoms with Gasteiger partial charge in [-0.1, -0.05) is 18.2 Å². The van der Waals surface area contributed by atoms with Crippen LogP contribution in [0.5, 0.6) is 5.75 Å². The first-order valence-electron chi connectivity index (χ1n) is 10.3. The summed E-state index contributed by atoms with van der Waals surface area (Å²) in [5.41, 5.74) is 1.64. The lowest BCUT2D eigenvalue weighted by Crippen LogP contribution is -2.45. The van der Waals surface area contributed by atoms with Crippen LogP contribution in [0.4, 0.5) is 5.69 Å². The van der Waals surface area contributed by atoms with E-state index in [9.17, 15) is 9.59 Å². The van der Waals surface area contributed by atoms with Gasteiger partial charge in [0.2, 0.25) is 5.91 Å². The fourth-order valence-corrected chi connectivity index (χ4v) is 4.12. The standard InChI is InChI=1S/C22H28N4O3/c1-15(2)24(3)17-11-21(27)26(23-12-17)16-7-6-10-25(13-16)22(28)19-14-29-20-9-5-4-8-18(19)20/h4-5,8-9,11-12,15-16,19H,6-7,10,13-14H2,1-3H3/t16-,19-/m1/s1. The Hall–Kier alpha value is -2.83. The number of likely N-dealkylation sites (tertiary alicyclic amines) is 1. The summed E-state index contributed by atoms with van der Waals surface area (Å²) >= 11 is 0. The number of benzene rings is 1. The molecule has 1 amide bonds. The largest absolute Gasteiger partial charge is 0.492 e. The Kier molecular flexibility index (Phi) is 5.30. The number of nitrogens with zero attached hydrogens (tertiary/aromatic N) is 4. The number of aromatic nitrogens is 2. The molecular weight excluding hydrogens is 368 g/mol. The fraction of sp³-hybridized carbons (Fsp3) is 0.500. The number of carbonyl (C=O) groups excluding carboxylic acids is 1. The lowest BCUT2D eigenvalue weighted by Gasteiger charge is -2.34. The summed E-state index contributed by atoms with van der Waals surface area (Å²) in [5, 5.41) is 4.43. The van der Waals surface area contributed by atoms with Crippen molar-refractivity contribution in [3.63, 3.8) is 0 Å². The van der Waals surface area contributed by atoms with Crippen LogP contribution in [-0.4, -0.2) is 53.4 Å². The number of hydrogen-bond donors (Lipinski definition) is 0. The highest BCUT2D eigenvalue weighted by Crippen LogP contribution is 2.35. The van der Waals surface area contributed by atoms with Crippen LogP contribution in [-0.2, 0) is 4.79 Å². The Morgan fingerprint density at radius 1 is 1.31 bits per heavy atom. The molecule has 154 valence electrons. The summed E-state index contributed by atoms with van der Waals surface area (Å²) in [7, 11) is 1.95. The van der Waals surface area contributed by atoms with Gasteiger partial charge in [0.25, 0.3) is 5.56 Å². The zero-order valence-electron chi connectivity index (χ0n) is 17.2. The number of anilines is 1. The molecule has 0 aliphatic carbocycles. The van der Waals surface area contributed by atoms with E-state index < -0.39 is 0 Å². The van der Waals surface area contributed by atoms with Crippen molar-refractivity contribution in [2.24, 2.45) is 0 Å². The molecule has 2 atom stereocenters. The van der Waals surface area contributed by atoms with E-state index in [1.54, 1.807) is 12.3 Å². The van der Waals surface area contributed by atoms with Crippen molar-refractivity contribution in [3.05, 3.63) is 52.4 Å². The molecule has 3 heterocycles. The van der Waals surface area contributed by atoms with Gasteiger partial charge in [-0.3, -0.25) is 9.59 Å². The second kappa shape index (κ2) is 7.89. The molecule has 1 aromatic heterocycles. The van der Waals surface area contributed by atoms with Gasteiger partial charge in [-0.15, -0.1) is 0 Å². The zero-order valence-corrected chi connectivity index (χ0v) is 17.2. The normalized spacial score (nSPS) is 21.0. The summed E-state index contributed by atoms with van der Waals surface area (Å²) in [6, 6.07) is 9.54. The number of amides is 1. The number of ether oxygens (including phenoxy) is 1. The Morgan fingerprint density at radius 2 is 2.10 bits per heavy atom. The van der Waals surface area contributed by atoms with Crippen molar-refractivity contribution in [3.8, 4) is 5.75 Å². The number of piperidine rings is 1. The van der Waals surface area contributed by atoms with E-state index in [1.165, 1.54) is 4.68 Å². The minimum Gasteiger partial charge on any atom is -0.492 e. The second-order valence-corrected chi connectivity index (χ2v) is 8.18. The SMILES string of the molecule is CC(C)N(C)c1cnn([C@@H]2CCCN(C(=O)[C@@H]3COc4ccccc43)C2)c(=O)c1. The smallest absolute Gasteiger partial charge is 0.269 e. The van der Waals surface area contributed by atoms with Crippen molar-refractivity contribution in [1.82, 2.24) is 14.7 Å². The molecule has 7 heteroatoms. The molecule has 0 saturated carbocycles. The third kappa shape index (κ3) is 3.73. The number of para-hydroxylation sites is 1. The van der Waals surface area contributed by atoms with E-state index in [1.807, 2.05) is 41.1 Å². The lowest BCUT2D eigenvalue weighted by atomic mass is 9.97. The van der Waals surface area contributed by atoms with Crippen molar-refractivity contribution < 1.29 is 9.53 Å². The first-order chi connectivity index (χ1) is 14.0. The molecule has 0 radical (unpaired) electrons. The van der Waals surface area contributed by atoms with Crippen molar-refractivity contribution in [2.75, 3.05) is 31.6 Å². The number of carbonyl (C=O) groups is 1. The van der Waals surface area contributed by atoms with Crippen LogP contribution < -0.4 is 15.2 Å². The molecule has 2 aromatic rings. The summed E-state index contributed by atoms with van der Waals surface area (Å²) < 4.78 is 7.23. The number of hydrogen-bond acceptors (Lipinski definition) is 5. The van der Waals surface area contributed by atoms with E-state index in [-0.39, 0.29) is 29.5 Å². The van der Waals surface area contributed by atoms with Crippen LogP contribution in [0.15, 0.2) is 41.3 Å². The van der Waals surface area contributed by atoms with E-state index in [0.29, 0.717) is 19.7 Å². The molecule has 7 nitrogen and oxygen atoms in total. The molecule has 29 heavy (non-hydrogen) atoms. The van der Waals surface area contributed by atoms with E-state index in [0.717, 1.165) is 29.8 Å². The van der Waals surface area contributed by atoms with Gasteiger partial charge in [0.1, 0.15) is 18.3 Å². The van der Waals surface area contributed by atoms with Crippen LogP contribution in [0.25, 0.3) is 0 Å². The summed E-state index contributed by atoms with van der Waals surface area (Å²) in [4.78, 5) is 29.8. The second-order valence-electron chi connectivity index (χ2n) is 8.18. The highest BCUT2D eigenvalue weighted by atomic mass is 16.5. The zero-order chi connectivity index (χ0) is 20.5. The van der Waals surface area contributed by atoms with Gasteiger partial charge < -0.3 is 14.5 Å². The molecule has 0 N–H and O–H groups in total. The summed E-state index contributed by atoms with van der Waals surface area (Å²) in [6.07, 6.45) is 3.43. The molecule has 1 fully saturated rings. The predicted molar refractivity (Wildman–Crippen MR) is 112 cm³/mol. The predicted octanol–water partition coefficient (Wildman–Crippen LogP) is 2.43. The lowest BCUT2D eigenvalue weighted by molar-refractivity contribution is -0.134. The molecule has 1 aromatic carbocycles. The van der Waals surface area contributed by atoms with Crippen LogP contribution in [0.2, 0.25) is 0 Å². The minimum atomic E-state index is -0.267. The van der Waals surface area contributed by atoms with Gasteiger partial charge in [0, 0.05) is 37.8 Å². The highest BCUT2D eigenvalue weighted by Gasteiger charge is 2.35. The Balaban J connectivity index is 1.50. The van der Waals surface area contributed by atoms with Crippen LogP contribution in [0.3, 0.4) is 0 Å². The van der Waals surface area contributed by atoms with E-state index in [4.69, 9.17) is 4.74 Å². The molecule has 0 unspecified atom stereocenters. The average Bonchev–Trinajstić information content (AvgIpc) is 3.16.